The maximum absolute atomic E-state index is 12.7. The van der Waals surface area contributed by atoms with Crippen molar-refractivity contribution >= 4 is 5.69 Å². The number of nitrogens with zero attached hydrogens (tertiary/aromatic N) is 1. The smallest absolute Gasteiger partial charge is 0.416 e. The number of ether oxygens (including phenoxy) is 1. The van der Waals surface area contributed by atoms with Gasteiger partial charge in [-0.1, -0.05) is 0 Å². The SMILES string of the molecule is CN1c2ccc(C(F)(F)F)cc2OCC1c1c[nH]c(=O)c(=O)[nH]1. The molecule has 0 radical (unpaired) electrons. The zero-order valence-electron chi connectivity index (χ0n) is 11.9. The number of benzene rings is 1. The summed E-state index contributed by atoms with van der Waals surface area (Å²) in [6, 6.07) is 2.78. The van der Waals surface area contributed by atoms with Gasteiger partial charge < -0.3 is 19.6 Å². The summed E-state index contributed by atoms with van der Waals surface area (Å²) >= 11 is 0. The van der Waals surface area contributed by atoms with E-state index in [9.17, 15) is 22.8 Å². The Morgan fingerprint density at radius 2 is 2.00 bits per heavy atom. The van der Waals surface area contributed by atoms with E-state index >= 15 is 0 Å². The highest BCUT2D eigenvalue weighted by molar-refractivity contribution is 5.62. The van der Waals surface area contributed by atoms with Gasteiger partial charge in [-0.05, 0) is 18.2 Å². The Kier molecular flexibility index (Phi) is 3.42. The molecule has 3 rings (SSSR count). The first-order valence-corrected chi connectivity index (χ1v) is 6.66. The molecule has 0 saturated carbocycles. The summed E-state index contributed by atoms with van der Waals surface area (Å²) < 4.78 is 43.6. The molecule has 1 aromatic heterocycles. The predicted molar refractivity (Wildman–Crippen MR) is 75.8 cm³/mol. The average molecular weight is 327 g/mol. The quantitative estimate of drug-likeness (QED) is 0.781. The number of aromatic amines is 2. The van der Waals surface area contributed by atoms with Crippen LogP contribution in [0.4, 0.5) is 18.9 Å². The molecule has 0 amide bonds. The minimum Gasteiger partial charge on any atom is -0.489 e. The van der Waals surface area contributed by atoms with Crippen LogP contribution in [0.25, 0.3) is 0 Å². The van der Waals surface area contributed by atoms with Gasteiger partial charge in [-0.15, -0.1) is 0 Å². The molecule has 1 atom stereocenters. The molecular formula is C14H12F3N3O3. The summed E-state index contributed by atoms with van der Waals surface area (Å²) in [7, 11) is 1.67. The predicted octanol–water partition coefficient (Wildman–Crippen LogP) is 1.65. The van der Waals surface area contributed by atoms with E-state index in [1.54, 1.807) is 11.9 Å². The minimum atomic E-state index is -4.45. The highest BCUT2D eigenvalue weighted by atomic mass is 19.4. The van der Waals surface area contributed by atoms with Crippen LogP contribution >= 0.6 is 0 Å². The van der Waals surface area contributed by atoms with Crippen LogP contribution in [0.15, 0.2) is 34.0 Å². The first-order chi connectivity index (χ1) is 10.8. The van der Waals surface area contributed by atoms with Gasteiger partial charge in [0.05, 0.1) is 16.9 Å². The van der Waals surface area contributed by atoms with Crippen molar-refractivity contribution in [3.63, 3.8) is 0 Å². The minimum absolute atomic E-state index is 0.0345. The van der Waals surface area contributed by atoms with Gasteiger partial charge in [-0.3, -0.25) is 9.59 Å². The summed E-state index contributed by atoms with van der Waals surface area (Å²) in [5, 5.41) is 0. The van der Waals surface area contributed by atoms with Crippen molar-refractivity contribution < 1.29 is 17.9 Å². The van der Waals surface area contributed by atoms with Crippen molar-refractivity contribution in [3.8, 4) is 5.75 Å². The third-order valence-corrected chi connectivity index (χ3v) is 3.71. The van der Waals surface area contributed by atoms with Crippen LogP contribution in [0.2, 0.25) is 0 Å². The number of fused-ring (bicyclic) bond motifs is 1. The monoisotopic (exact) mass is 327 g/mol. The Morgan fingerprint density at radius 1 is 1.26 bits per heavy atom. The molecule has 1 aliphatic heterocycles. The van der Waals surface area contributed by atoms with Crippen LogP contribution in [0.5, 0.6) is 5.75 Å². The molecule has 122 valence electrons. The normalized spacial score (nSPS) is 17.6. The van der Waals surface area contributed by atoms with E-state index < -0.39 is 28.9 Å². The Labute approximate surface area is 127 Å². The maximum Gasteiger partial charge on any atom is 0.416 e. The number of H-pyrrole nitrogens is 2. The third-order valence-electron chi connectivity index (χ3n) is 3.71. The summed E-state index contributed by atoms with van der Waals surface area (Å²) in [5.41, 5.74) is -1.50. The van der Waals surface area contributed by atoms with Crippen LogP contribution in [0.3, 0.4) is 0 Å². The molecule has 0 fully saturated rings. The number of alkyl halides is 3. The van der Waals surface area contributed by atoms with Gasteiger partial charge in [0.15, 0.2) is 0 Å². The zero-order valence-corrected chi connectivity index (χ0v) is 11.9. The van der Waals surface area contributed by atoms with Crippen LogP contribution in [0, 0.1) is 0 Å². The molecule has 0 spiro atoms. The molecule has 6 nitrogen and oxygen atoms in total. The van der Waals surface area contributed by atoms with E-state index in [1.165, 1.54) is 12.3 Å². The largest absolute Gasteiger partial charge is 0.489 e. The van der Waals surface area contributed by atoms with Gasteiger partial charge in [0.1, 0.15) is 18.4 Å². The van der Waals surface area contributed by atoms with E-state index in [2.05, 4.69) is 9.97 Å². The third kappa shape index (κ3) is 2.69. The van der Waals surface area contributed by atoms with Gasteiger partial charge in [-0.2, -0.15) is 13.2 Å². The number of halogens is 3. The number of hydrogen-bond acceptors (Lipinski definition) is 4. The molecule has 0 saturated heterocycles. The Balaban J connectivity index is 1.97. The zero-order chi connectivity index (χ0) is 16.8. The molecule has 1 aromatic carbocycles. The molecule has 0 bridgehead atoms. The fourth-order valence-electron chi connectivity index (χ4n) is 2.46. The van der Waals surface area contributed by atoms with E-state index in [1.807, 2.05) is 0 Å². The van der Waals surface area contributed by atoms with Gasteiger partial charge in [0.2, 0.25) is 0 Å². The molecule has 1 unspecified atom stereocenters. The van der Waals surface area contributed by atoms with Crippen molar-refractivity contribution in [2.24, 2.45) is 0 Å². The lowest BCUT2D eigenvalue weighted by Crippen LogP contribution is -2.38. The number of rotatable bonds is 1. The standard InChI is InChI=1S/C14H12F3N3O3/c1-20-9-3-2-7(14(15,16)17)4-11(9)23-6-10(20)8-5-18-12(21)13(22)19-8/h2-5,10H,6H2,1H3,(H,18,21)(H,19,22). The molecule has 2 N–H and O–H groups in total. The highest BCUT2D eigenvalue weighted by Gasteiger charge is 2.34. The van der Waals surface area contributed by atoms with Crippen molar-refractivity contribution in [2.45, 2.75) is 12.2 Å². The van der Waals surface area contributed by atoms with Crippen LogP contribution < -0.4 is 20.8 Å². The molecule has 2 heterocycles. The average Bonchev–Trinajstić information content (AvgIpc) is 2.49. The second kappa shape index (κ2) is 5.18. The van der Waals surface area contributed by atoms with Gasteiger partial charge in [0, 0.05) is 13.2 Å². The molecule has 2 aromatic rings. The molecule has 1 aliphatic rings. The lowest BCUT2D eigenvalue weighted by atomic mass is 10.1. The van der Waals surface area contributed by atoms with Gasteiger partial charge in [-0.25, -0.2) is 0 Å². The van der Waals surface area contributed by atoms with E-state index in [0.29, 0.717) is 11.4 Å². The summed E-state index contributed by atoms with van der Waals surface area (Å²) in [6.45, 7) is 0.0345. The van der Waals surface area contributed by atoms with E-state index in [-0.39, 0.29) is 12.4 Å². The number of likely N-dealkylation sites (N-methyl/N-ethyl adjacent to an activating group) is 1. The van der Waals surface area contributed by atoms with Crippen LogP contribution in [0.1, 0.15) is 17.3 Å². The topological polar surface area (TPSA) is 78.2 Å². The molecule has 9 heteroatoms. The fraction of sp³-hybridized carbons (Fsp3) is 0.286. The number of nitrogens with one attached hydrogen (secondary N) is 2. The lowest BCUT2D eigenvalue weighted by Gasteiger charge is -2.35. The van der Waals surface area contributed by atoms with Crippen molar-refractivity contribution in [1.29, 1.82) is 0 Å². The summed E-state index contributed by atoms with van der Waals surface area (Å²) in [4.78, 5) is 29.0. The molecular weight excluding hydrogens is 315 g/mol. The van der Waals surface area contributed by atoms with Crippen LogP contribution in [-0.2, 0) is 6.18 Å². The fourth-order valence-corrected chi connectivity index (χ4v) is 2.46. The highest BCUT2D eigenvalue weighted by Crippen LogP contribution is 2.41. The lowest BCUT2D eigenvalue weighted by molar-refractivity contribution is -0.137. The second-order valence-corrected chi connectivity index (χ2v) is 5.15. The first-order valence-electron chi connectivity index (χ1n) is 6.66. The number of aromatic nitrogens is 2. The van der Waals surface area contributed by atoms with Gasteiger partial charge >= 0.3 is 17.3 Å². The van der Waals surface area contributed by atoms with Crippen molar-refractivity contribution in [1.82, 2.24) is 9.97 Å². The van der Waals surface area contributed by atoms with Gasteiger partial charge in [0.25, 0.3) is 0 Å². The van der Waals surface area contributed by atoms with Crippen molar-refractivity contribution in [2.75, 3.05) is 18.6 Å². The van der Waals surface area contributed by atoms with E-state index in [0.717, 1.165) is 12.1 Å². The molecule has 0 aliphatic carbocycles. The van der Waals surface area contributed by atoms with E-state index in [4.69, 9.17) is 4.74 Å². The molecule has 23 heavy (non-hydrogen) atoms. The first kappa shape index (κ1) is 15.2. The van der Waals surface area contributed by atoms with Crippen LogP contribution in [-0.4, -0.2) is 23.6 Å². The number of anilines is 1. The summed E-state index contributed by atoms with van der Waals surface area (Å²) in [6.07, 6.45) is -3.10. The number of hydrogen-bond donors (Lipinski definition) is 2. The van der Waals surface area contributed by atoms with Crippen molar-refractivity contribution in [3.05, 3.63) is 56.4 Å². The summed E-state index contributed by atoms with van der Waals surface area (Å²) in [5.74, 6) is 0.116. The second-order valence-electron chi connectivity index (χ2n) is 5.15. The Hall–Kier alpha value is -2.71. The Bertz CT molecular complexity index is 857. The maximum atomic E-state index is 12.7. The Morgan fingerprint density at radius 3 is 2.65 bits per heavy atom.